The summed E-state index contributed by atoms with van der Waals surface area (Å²) < 4.78 is 9.32. The van der Waals surface area contributed by atoms with Crippen molar-refractivity contribution in [2.75, 3.05) is 11.9 Å². The highest BCUT2D eigenvalue weighted by molar-refractivity contribution is 6.05. The Labute approximate surface area is 149 Å². The standard InChI is InChI=1S/C19H17N5O2/c25-19(15-10-17-5-1-2-7-23(17)12-15)22-16-4-3-6-18(11-16)26-9-8-24-14-20-13-21-24/h1-7,10-14H,8-9H2,(H,22,25). The first-order valence-corrected chi connectivity index (χ1v) is 8.21. The largest absolute Gasteiger partial charge is 0.492 e. The first-order valence-electron chi connectivity index (χ1n) is 8.21. The van der Waals surface area contributed by atoms with Crippen LogP contribution in [0.4, 0.5) is 5.69 Å². The fourth-order valence-electron chi connectivity index (χ4n) is 2.65. The first kappa shape index (κ1) is 15.9. The molecule has 130 valence electrons. The van der Waals surface area contributed by atoms with Gasteiger partial charge >= 0.3 is 0 Å². The Bertz CT molecular complexity index is 990. The molecule has 0 saturated carbocycles. The number of carbonyl (C=O) groups excluding carboxylic acids is 1. The molecular weight excluding hydrogens is 330 g/mol. The summed E-state index contributed by atoms with van der Waals surface area (Å²) in [6.07, 6.45) is 6.85. The van der Waals surface area contributed by atoms with Crippen molar-refractivity contribution in [1.29, 1.82) is 0 Å². The molecule has 0 unspecified atom stereocenters. The molecule has 1 N–H and O–H groups in total. The van der Waals surface area contributed by atoms with E-state index in [1.54, 1.807) is 17.1 Å². The smallest absolute Gasteiger partial charge is 0.257 e. The van der Waals surface area contributed by atoms with Gasteiger partial charge in [0.2, 0.25) is 0 Å². The maximum atomic E-state index is 12.5. The van der Waals surface area contributed by atoms with Crippen molar-refractivity contribution in [2.24, 2.45) is 0 Å². The number of hydrogen-bond donors (Lipinski definition) is 1. The molecule has 0 fully saturated rings. The average Bonchev–Trinajstić information content (AvgIpc) is 3.31. The molecule has 1 amide bonds. The number of pyridine rings is 1. The number of hydrogen-bond acceptors (Lipinski definition) is 4. The summed E-state index contributed by atoms with van der Waals surface area (Å²) in [6, 6.07) is 15.0. The minimum atomic E-state index is -0.159. The van der Waals surface area contributed by atoms with E-state index in [2.05, 4.69) is 15.4 Å². The lowest BCUT2D eigenvalue weighted by atomic mass is 10.2. The predicted molar refractivity (Wildman–Crippen MR) is 97.3 cm³/mol. The van der Waals surface area contributed by atoms with Crippen LogP contribution < -0.4 is 10.1 Å². The quantitative estimate of drug-likeness (QED) is 0.582. The van der Waals surface area contributed by atoms with Crippen molar-refractivity contribution >= 4 is 17.1 Å². The summed E-state index contributed by atoms with van der Waals surface area (Å²) in [6.45, 7) is 1.07. The van der Waals surface area contributed by atoms with Gasteiger partial charge in [-0.1, -0.05) is 12.1 Å². The van der Waals surface area contributed by atoms with Crippen LogP contribution in [0.25, 0.3) is 5.52 Å². The highest BCUT2D eigenvalue weighted by Gasteiger charge is 2.09. The second kappa shape index (κ2) is 7.10. The van der Waals surface area contributed by atoms with Crippen molar-refractivity contribution in [3.8, 4) is 5.75 Å². The van der Waals surface area contributed by atoms with Crippen LogP contribution in [0.15, 0.2) is 73.6 Å². The van der Waals surface area contributed by atoms with Gasteiger partial charge in [0.05, 0.1) is 12.1 Å². The van der Waals surface area contributed by atoms with E-state index in [-0.39, 0.29) is 5.91 Å². The van der Waals surface area contributed by atoms with Gasteiger partial charge in [0.25, 0.3) is 5.91 Å². The van der Waals surface area contributed by atoms with Crippen molar-refractivity contribution < 1.29 is 9.53 Å². The van der Waals surface area contributed by atoms with E-state index in [1.807, 2.05) is 59.3 Å². The molecule has 0 spiro atoms. The minimum absolute atomic E-state index is 0.159. The molecule has 4 rings (SSSR count). The van der Waals surface area contributed by atoms with Crippen LogP contribution in [0.3, 0.4) is 0 Å². The van der Waals surface area contributed by atoms with Crippen LogP contribution in [-0.4, -0.2) is 31.7 Å². The lowest BCUT2D eigenvalue weighted by molar-refractivity contribution is 0.102. The Morgan fingerprint density at radius 1 is 1.15 bits per heavy atom. The van der Waals surface area contributed by atoms with Crippen molar-refractivity contribution in [3.05, 3.63) is 79.1 Å². The molecule has 26 heavy (non-hydrogen) atoms. The normalized spacial score (nSPS) is 10.8. The van der Waals surface area contributed by atoms with Crippen LogP contribution in [0.1, 0.15) is 10.4 Å². The number of anilines is 1. The van der Waals surface area contributed by atoms with E-state index in [9.17, 15) is 4.79 Å². The summed E-state index contributed by atoms with van der Waals surface area (Å²) in [4.78, 5) is 16.4. The second-order valence-corrected chi connectivity index (χ2v) is 5.75. The van der Waals surface area contributed by atoms with Gasteiger partial charge in [-0.2, -0.15) is 5.10 Å². The van der Waals surface area contributed by atoms with Crippen LogP contribution in [0.2, 0.25) is 0 Å². The van der Waals surface area contributed by atoms with E-state index in [0.717, 1.165) is 5.52 Å². The SMILES string of the molecule is O=C(Nc1cccc(OCCn2cncn2)c1)c1cc2ccccn2c1. The lowest BCUT2D eigenvalue weighted by Gasteiger charge is -2.09. The van der Waals surface area contributed by atoms with Gasteiger partial charge in [0, 0.05) is 29.7 Å². The molecule has 0 bridgehead atoms. The highest BCUT2D eigenvalue weighted by Crippen LogP contribution is 2.19. The predicted octanol–water partition coefficient (Wildman–Crippen LogP) is 2.86. The van der Waals surface area contributed by atoms with E-state index in [1.165, 1.54) is 6.33 Å². The first-order chi connectivity index (χ1) is 12.8. The van der Waals surface area contributed by atoms with E-state index < -0.39 is 0 Å². The average molecular weight is 347 g/mol. The maximum Gasteiger partial charge on any atom is 0.257 e. The Morgan fingerprint density at radius 2 is 2.12 bits per heavy atom. The molecule has 7 heteroatoms. The van der Waals surface area contributed by atoms with Crippen molar-refractivity contribution in [1.82, 2.24) is 19.2 Å². The van der Waals surface area contributed by atoms with Gasteiger partial charge in [0.1, 0.15) is 25.0 Å². The molecule has 0 radical (unpaired) electrons. The van der Waals surface area contributed by atoms with Gasteiger partial charge in [0.15, 0.2) is 0 Å². The Morgan fingerprint density at radius 3 is 2.96 bits per heavy atom. The van der Waals surface area contributed by atoms with E-state index in [4.69, 9.17) is 4.74 Å². The van der Waals surface area contributed by atoms with E-state index in [0.29, 0.717) is 30.2 Å². The fraction of sp³-hybridized carbons (Fsp3) is 0.105. The summed E-state index contributed by atoms with van der Waals surface area (Å²) >= 11 is 0. The molecule has 7 nitrogen and oxygen atoms in total. The van der Waals surface area contributed by atoms with Crippen molar-refractivity contribution in [3.63, 3.8) is 0 Å². The third-order valence-electron chi connectivity index (χ3n) is 3.91. The van der Waals surface area contributed by atoms with Crippen molar-refractivity contribution in [2.45, 2.75) is 6.54 Å². The van der Waals surface area contributed by atoms with Crippen LogP contribution >= 0.6 is 0 Å². The van der Waals surface area contributed by atoms with Gasteiger partial charge < -0.3 is 14.5 Å². The van der Waals surface area contributed by atoms with E-state index >= 15 is 0 Å². The number of benzene rings is 1. The zero-order valence-electron chi connectivity index (χ0n) is 13.9. The Kier molecular flexibility index (Phi) is 4.34. The molecular formula is C19H17N5O2. The zero-order valence-corrected chi connectivity index (χ0v) is 13.9. The number of ether oxygens (including phenoxy) is 1. The highest BCUT2D eigenvalue weighted by atomic mass is 16.5. The number of fused-ring (bicyclic) bond motifs is 1. The number of nitrogens with zero attached hydrogens (tertiary/aromatic N) is 4. The fourth-order valence-corrected chi connectivity index (χ4v) is 2.65. The molecule has 1 aromatic carbocycles. The number of aromatic nitrogens is 4. The Hall–Kier alpha value is -3.61. The third kappa shape index (κ3) is 3.56. The minimum Gasteiger partial charge on any atom is -0.492 e. The third-order valence-corrected chi connectivity index (χ3v) is 3.91. The summed E-state index contributed by atoms with van der Waals surface area (Å²) in [5.41, 5.74) is 2.26. The molecule has 0 aliphatic heterocycles. The topological polar surface area (TPSA) is 73.4 Å². The van der Waals surface area contributed by atoms with Crippen LogP contribution in [0, 0.1) is 0 Å². The summed E-state index contributed by atoms with van der Waals surface area (Å²) in [7, 11) is 0. The number of nitrogens with one attached hydrogen (secondary N) is 1. The zero-order chi connectivity index (χ0) is 17.8. The molecule has 0 atom stereocenters. The van der Waals surface area contributed by atoms with Crippen LogP contribution in [-0.2, 0) is 6.54 Å². The molecule has 0 aliphatic rings. The maximum absolute atomic E-state index is 12.5. The molecule has 3 aromatic heterocycles. The van der Waals surface area contributed by atoms with Gasteiger partial charge in [-0.25, -0.2) is 9.67 Å². The van der Waals surface area contributed by atoms with Crippen LogP contribution in [0.5, 0.6) is 5.75 Å². The summed E-state index contributed by atoms with van der Waals surface area (Å²) in [5.74, 6) is 0.526. The molecule has 4 aromatic rings. The second-order valence-electron chi connectivity index (χ2n) is 5.75. The van der Waals surface area contributed by atoms with Gasteiger partial charge in [-0.05, 0) is 30.3 Å². The number of carbonyl (C=O) groups is 1. The molecule has 0 aliphatic carbocycles. The Balaban J connectivity index is 1.40. The lowest BCUT2D eigenvalue weighted by Crippen LogP contribution is -2.11. The monoisotopic (exact) mass is 347 g/mol. The molecule has 0 saturated heterocycles. The van der Waals surface area contributed by atoms with Gasteiger partial charge in [-0.3, -0.25) is 4.79 Å². The number of amides is 1. The number of rotatable bonds is 6. The summed E-state index contributed by atoms with van der Waals surface area (Å²) in [5, 5.41) is 6.93. The molecule has 3 heterocycles. The van der Waals surface area contributed by atoms with Gasteiger partial charge in [-0.15, -0.1) is 0 Å².